The standard InChI is InChI=1S/C12H17ClN2O5S/c13-11-6-5-10(15(16)17)9-12(11)20-7-3-1-2-4-8-21(14,18)19/h5-6,9H,1-4,7-8H2,(H2,14,18,19). The highest BCUT2D eigenvalue weighted by atomic mass is 35.5. The highest BCUT2D eigenvalue weighted by Crippen LogP contribution is 2.28. The van der Waals surface area contributed by atoms with Crippen molar-refractivity contribution in [3.63, 3.8) is 0 Å². The number of primary sulfonamides is 1. The van der Waals surface area contributed by atoms with Gasteiger partial charge in [-0.1, -0.05) is 24.4 Å². The Morgan fingerprint density at radius 2 is 1.90 bits per heavy atom. The Hall–Kier alpha value is -1.38. The molecule has 0 amide bonds. The van der Waals surface area contributed by atoms with E-state index in [4.69, 9.17) is 21.5 Å². The van der Waals surface area contributed by atoms with Gasteiger partial charge in [-0.3, -0.25) is 10.1 Å². The summed E-state index contributed by atoms with van der Waals surface area (Å²) in [5, 5.41) is 15.8. The molecule has 1 aromatic carbocycles. The van der Waals surface area contributed by atoms with E-state index in [0.717, 1.165) is 12.8 Å². The highest BCUT2D eigenvalue weighted by molar-refractivity contribution is 7.89. The molecule has 0 saturated heterocycles. The van der Waals surface area contributed by atoms with Gasteiger partial charge in [0.25, 0.3) is 5.69 Å². The van der Waals surface area contributed by atoms with E-state index in [9.17, 15) is 18.5 Å². The van der Waals surface area contributed by atoms with Crippen LogP contribution in [-0.2, 0) is 10.0 Å². The lowest BCUT2D eigenvalue weighted by Gasteiger charge is -2.07. The first-order chi connectivity index (χ1) is 9.79. The van der Waals surface area contributed by atoms with Crippen molar-refractivity contribution in [1.29, 1.82) is 0 Å². The van der Waals surface area contributed by atoms with Gasteiger partial charge in [0.05, 0.1) is 28.4 Å². The molecular formula is C12H17ClN2O5S. The van der Waals surface area contributed by atoms with Crippen molar-refractivity contribution >= 4 is 27.3 Å². The number of nitro benzene ring substituents is 1. The lowest BCUT2D eigenvalue weighted by molar-refractivity contribution is -0.384. The van der Waals surface area contributed by atoms with Gasteiger partial charge >= 0.3 is 0 Å². The molecule has 0 aromatic heterocycles. The van der Waals surface area contributed by atoms with Gasteiger partial charge in [-0.15, -0.1) is 0 Å². The predicted molar refractivity (Wildman–Crippen MR) is 80.0 cm³/mol. The lowest BCUT2D eigenvalue weighted by Crippen LogP contribution is -2.16. The fourth-order valence-electron chi connectivity index (χ4n) is 1.66. The molecule has 118 valence electrons. The second-order valence-corrected chi connectivity index (χ2v) is 6.64. The monoisotopic (exact) mass is 336 g/mol. The van der Waals surface area contributed by atoms with E-state index < -0.39 is 14.9 Å². The van der Waals surface area contributed by atoms with Crippen molar-refractivity contribution in [3.05, 3.63) is 33.3 Å². The van der Waals surface area contributed by atoms with E-state index in [1.54, 1.807) is 0 Å². The van der Waals surface area contributed by atoms with Crippen molar-refractivity contribution in [2.24, 2.45) is 5.14 Å². The van der Waals surface area contributed by atoms with Crippen LogP contribution in [0.15, 0.2) is 18.2 Å². The number of unbranched alkanes of at least 4 members (excludes halogenated alkanes) is 3. The average molecular weight is 337 g/mol. The van der Waals surface area contributed by atoms with E-state index in [1.807, 2.05) is 0 Å². The zero-order valence-electron chi connectivity index (χ0n) is 11.3. The number of nitrogens with zero attached hydrogens (tertiary/aromatic N) is 1. The largest absolute Gasteiger partial charge is 0.492 e. The lowest BCUT2D eigenvalue weighted by atomic mass is 10.2. The first-order valence-electron chi connectivity index (χ1n) is 6.37. The molecule has 0 aliphatic rings. The molecule has 9 heteroatoms. The summed E-state index contributed by atoms with van der Waals surface area (Å²) in [4.78, 5) is 10.1. The number of nitro groups is 1. The van der Waals surface area contributed by atoms with Crippen LogP contribution in [0.25, 0.3) is 0 Å². The van der Waals surface area contributed by atoms with Crippen LogP contribution >= 0.6 is 11.6 Å². The maximum Gasteiger partial charge on any atom is 0.273 e. The quantitative estimate of drug-likeness (QED) is 0.423. The number of hydrogen-bond donors (Lipinski definition) is 1. The van der Waals surface area contributed by atoms with Crippen molar-refractivity contribution in [1.82, 2.24) is 0 Å². The minimum atomic E-state index is -3.39. The smallest absolute Gasteiger partial charge is 0.273 e. The molecule has 21 heavy (non-hydrogen) atoms. The maximum atomic E-state index is 10.7. The Bertz CT molecular complexity index is 591. The Morgan fingerprint density at radius 1 is 1.24 bits per heavy atom. The molecule has 0 radical (unpaired) electrons. The topological polar surface area (TPSA) is 113 Å². The van der Waals surface area contributed by atoms with Crippen molar-refractivity contribution in [2.75, 3.05) is 12.4 Å². The fourth-order valence-corrected chi connectivity index (χ4v) is 2.44. The number of sulfonamides is 1. The van der Waals surface area contributed by atoms with Gasteiger partial charge in [-0.25, -0.2) is 13.6 Å². The number of rotatable bonds is 9. The highest BCUT2D eigenvalue weighted by Gasteiger charge is 2.10. The number of benzene rings is 1. The minimum absolute atomic E-state index is 0.0232. The van der Waals surface area contributed by atoms with Crippen LogP contribution in [0.5, 0.6) is 5.75 Å². The summed E-state index contributed by atoms with van der Waals surface area (Å²) in [7, 11) is -3.39. The second-order valence-electron chi connectivity index (χ2n) is 4.50. The van der Waals surface area contributed by atoms with E-state index >= 15 is 0 Å². The summed E-state index contributed by atoms with van der Waals surface area (Å²) in [5.74, 6) is 0.250. The number of ether oxygens (including phenoxy) is 1. The van der Waals surface area contributed by atoms with Gasteiger partial charge in [-0.2, -0.15) is 0 Å². The molecule has 0 bridgehead atoms. The van der Waals surface area contributed by atoms with Crippen LogP contribution in [-0.4, -0.2) is 25.7 Å². The van der Waals surface area contributed by atoms with Crippen LogP contribution in [0, 0.1) is 10.1 Å². The SMILES string of the molecule is NS(=O)(=O)CCCCCCOc1cc([N+](=O)[O-])ccc1Cl. The number of halogens is 1. The average Bonchev–Trinajstić information content (AvgIpc) is 2.38. The Kier molecular flexibility index (Phi) is 6.86. The normalized spacial score (nSPS) is 11.3. The second kappa shape index (κ2) is 8.16. The Labute approximate surface area is 128 Å². The Balaban J connectivity index is 2.30. The van der Waals surface area contributed by atoms with E-state index in [1.165, 1.54) is 18.2 Å². The molecule has 0 atom stereocenters. The number of hydrogen-bond acceptors (Lipinski definition) is 5. The number of non-ortho nitro benzene ring substituents is 1. The van der Waals surface area contributed by atoms with Crippen molar-refractivity contribution < 1.29 is 18.1 Å². The molecule has 0 aliphatic carbocycles. The zero-order valence-corrected chi connectivity index (χ0v) is 12.9. The molecule has 0 unspecified atom stereocenters. The van der Waals surface area contributed by atoms with Crippen LogP contribution in [0.3, 0.4) is 0 Å². The van der Waals surface area contributed by atoms with Gasteiger partial charge in [0.2, 0.25) is 10.0 Å². The summed E-state index contributed by atoms with van der Waals surface area (Å²) in [5.41, 5.74) is -0.0810. The summed E-state index contributed by atoms with van der Waals surface area (Å²) in [6, 6.07) is 4.01. The number of nitrogens with two attached hydrogens (primary N) is 1. The fraction of sp³-hybridized carbons (Fsp3) is 0.500. The molecule has 2 N–H and O–H groups in total. The summed E-state index contributed by atoms with van der Waals surface area (Å²) >= 11 is 5.89. The minimum Gasteiger partial charge on any atom is -0.492 e. The molecule has 7 nitrogen and oxygen atoms in total. The van der Waals surface area contributed by atoms with Gasteiger partial charge in [0, 0.05) is 6.07 Å². The maximum absolute atomic E-state index is 10.7. The van der Waals surface area contributed by atoms with Crippen molar-refractivity contribution in [3.8, 4) is 5.75 Å². The summed E-state index contributed by atoms with van der Waals surface area (Å²) in [6.45, 7) is 0.357. The molecule has 0 fully saturated rings. The van der Waals surface area contributed by atoms with Gasteiger partial charge in [-0.05, 0) is 18.9 Å². The van der Waals surface area contributed by atoms with E-state index in [-0.39, 0.29) is 17.2 Å². The van der Waals surface area contributed by atoms with E-state index in [0.29, 0.717) is 24.5 Å². The molecule has 0 spiro atoms. The zero-order chi connectivity index (χ0) is 15.9. The van der Waals surface area contributed by atoms with E-state index in [2.05, 4.69) is 0 Å². The summed E-state index contributed by atoms with van der Waals surface area (Å²) < 4.78 is 26.8. The predicted octanol–water partition coefficient (Wildman–Crippen LogP) is 2.48. The van der Waals surface area contributed by atoms with Crippen LogP contribution in [0.4, 0.5) is 5.69 Å². The molecule has 1 rings (SSSR count). The third-order valence-electron chi connectivity index (χ3n) is 2.71. The summed E-state index contributed by atoms with van der Waals surface area (Å²) in [6.07, 6.45) is 2.71. The molecule has 1 aromatic rings. The van der Waals surface area contributed by atoms with Crippen molar-refractivity contribution in [2.45, 2.75) is 25.7 Å². The van der Waals surface area contributed by atoms with Gasteiger partial charge in [0.1, 0.15) is 5.75 Å². The third kappa shape index (κ3) is 7.26. The van der Waals surface area contributed by atoms with Crippen LogP contribution in [0.1, 0.15) is 25.7 Å². The molecule has 0 saturated carbocycles. The third-order valence-corrected chi connectivity index (χ3v) is 3.88. The molecule has 0 aliphatic heterocycles. The van der Waals surface area contributed by atoms with Gasteiger partial charge in [0.15, 0.2) is 0 Å². The van der Waals surface area contributed by atoms with Gasteiger partial charge < -0.3 is 4.74 Å². The molecular weight excluding hydrogens is 320 g/mol. The first-order valence-corrected chi connectivity index (χ1v) is 8.46. The first kappa shape index (κ1) is 17.7. The van der Waals surface area contributed by atoms with Crippen LogP contribution in [0.2, 0.25) is 5.02 Å². The van der Waals surface area contributed by atoms with Crippen LogP contribution < -0.4 is 9.88 Å². The molecule has 0 heterocycles. The Morgan fingerprint density at radius 3 is 2.52 bits per heavy atom.